The summed E-state index contributed by atoms with van der Waals surface area (Å²) in [5.74, 6) is -0.213. The fraction of sp³-hybridized carbons (Fsp3) is 0.357. The summed E-state index contributed by atoms with van der Waals surface area (Å²) in [5.41, 5.74) is 6.61. The van der Waals surface area contributed by atoms with Crippen molar-refractivity contribution < 1.29 is 36.2 Å². The molecule has 0 saturated carbocycles. The highest BCUT2D eigenvalue weighted by atomic mass is 79.9. The molecule has 0 bridgehead atoms. The van der Waals surface area contributed by atoms with E-state index in [4.69, 9.17) is 5.73 Å². The van der Waals surface area contributed by atoms with Crippen LogP contribution in [0.25, 0.3) is 0 Å². The molecular formula is C14H16BrN3O3S2. The molecule has 0 aromatic carbocycles. The van der Waals surface area contributed by atoms with E-state index in [1.165, 1.54) is 16.7 Å². The zero-order valence-electron chi connectivity index (χ0n) is 12.3. The smallest absolute Gasteiger partial charge is 0.352 e. The van der Waals surface area contributed by atoms with E-state index in [-0.39, 0.29) is 34.0 Å². The number of nitrogens with zero attached hydrogens (tertiary/aromatic N) is 2. The van der Waals surface area contributed by atoms with Crippen LogP contribution in [0.3, 0.4) is 0 Å². The summed E-state index contributed by atoms with van der Waals surface area (Å²) < 4.78 is 1.94. The third kappa shape index (κ3) is 3.42. The van der Waals surface area contributed by atoms with Crippen molar-refractivity contribution >= 4 is 35.4 Å². The number of aromatic nitrogens is 1. The lowest BCUT2D eigenvalue weighted by molar-refractivity contribution is -0.671. The number of rotatable bonds is 4. The second-order valence-corrected chi connectivity index (χ2v) is 7.33. The maximum absolute atomic E-state index is 11.8. The lowest BCUT2D eigenvalue weighted by Gasteiger charge is -2.48. The van der Waals surface area contributed by atoms with E-state index in [2.05, 4.69) is 0 Å². The van der Waals surface area contributed by atoms with Crippen molar-refractivity contribution in [3.63, 3.8) is 0 Å². The summed E-state index contributed by atoms with van der Waals surface area (Å²) in [7, 11) is 1.94. The number of aryl methyl sites for hydroxylation is 1. The van der Waals surface area contributed by atoms with Crippen molar-refractivity contribution in [3.05, 3.63) is 35.8 Å². The predicted molar refractivity (Wildman–Crippen MR) is 84.1 cm³/mol. The minimum atomic E-state index is -1.05. The van der Waals surface area contributed by atoms with Gasteiger partial charge in [-0.05, 0) is 5.57 Å². The largest absolute Gasteiger partial charge is 1.00 e. The summed E-state index contributed by atoms with van der Waals surface area (Å²) in [5, 5.41) is 9.22. The number of halogens is 1. The number of carbonyl (C=O) groups excluding carboxylic acids is 1. The third-order valence-corrected chi connectivity index (χ3v) is 6.11. The number of hydrogen-bond donors (Lipinski definition) is 2. The lowest BCUT2D eigenvalue weighted by atomic mass is 10.0. The monoisotopic (exact) mass is 417 g/mol. The number of carboxylic acid groups (broad SMARTS) is 1. The molecule has 0 unspecified atom stereocenters. The highest BCUT2D eigenvalue weighted by Crippen LogP contribution is 2.40. The molecule has 1 saturated heterocycles. The van der Waals surface area contributed by atoms with Crippen LogP contribution in [0.15, 0.2) is 40.7 Å². The molecule has 0 radical (unpaired) electrons. The maximum atomic E-state index is 11.8. The summed E-state index contributed by atoms with van der Waals surface area (Å²) >= 11 is 3.10. The molecule has 0 aliphatic carbocycles. The Kier molecular flexibility index (Phi) is 5.77. The van der Waals surface area contributed by atoms with Crippen molar-refractivity contribution in [2.24, 2.45) is 12.8 Å². The fourth-order valence-electron chi connectivity index (χ4n) is 2.45. The second-order valence-electron chi connectivity index (χ2n) is 5.18. The van der Waals surface area contributed by atoms with Crippen LogP contribution in [0.5, 0.6) is 0 Å². The van der Waals surface area contributed by atoms with E-state index >= 15 is 0 Å². The normalized spacial score (nSPS) is 23.0. The molecule has 9 heteroatoms. The van der Waals surface area contributed by atoms with Crippen LogP contribution in [0, 0.1) is 0 Å². The molecule has 1 amide bonds. The zero-order chi connectivity index (χ0) is 15.9. The molecule has 3 rings (SSSR count). The van der Waals surface area contributed by atoms with Crippen molar-refractivity contribution in [2.45, 2.75) is 16.3 Å². The molecule has 1 aromatic heterocycles. The molecule has 124 valence electrons. The van der Waals surface area contributed by atoms with Gasteiger partial charge in [-0.3, -0.25) is 9.69 Å². The van der Waals surface area contributed by atoms with Crippen LogP contribution in [0.4, 0.5) is 0 Å². The number of carboxylic acids is 1. The van der Waals surface area contributed by atoms with Crippen molar-refractivity contribution in [1.29, 1.82) is 0 Å². The Morgan fingerprint density at radius 1 is 1.52 bits per heavy atom. The Balaban J connectivity index is 0.00000192. The van der Waals surface area contributed by atoms with E-state index in [1.807, 2.05) is 36.1 Å². The topological polar surface area (TPSA) is 87.5 Å². The number of carbonyl (C=O) groups is 2. The van der Waals surface area contributed by atoms with Crippen molar-refractivity contribution in [1.82, 2.24) is 4.90 Å². The van der Waals surface area contributed by atoms with E-state index in [9.17, 15) is 14.7 Å². The maximum Gasteiger partial charge on any atom is 0.352 e. The van der Waals surface area contributed by atoms with Gasteiger partial charge in [0.1, 0.15) is 24.2 Å². The number of hydrogen-bond acceptors (Lipinski definition) is 5. The van der Waals surface area contributed by atoms with Gasteiger partial charge in [-0.25, -0.2) is 9.36 Å². The van der Waals surface area contributed by atoms with Crippen LogP contribution >= 0.6 is 23.5 Å². The number of aliphatic carboxylic acids is 1. The number of β-lactam (4-membered cyclic amide) rings is 1. The predicted octanol–water partition coefficient (Wildman–Crippen LogP) is -2.81. The first-order chi connectivity index (χ1) is 10.5. The number of amides is 1. The second kappa shape index (κ2) is 7.25. The van der Waals surface area contributed by atoms with E-state index in [1.54, 1.807) is 11.8 Å². The van der Waals surface area contributed by atoms with Crippen molar-refractivity contribution in [2.75, 3.05) is 11.5 Å². The van der Waals surface area contributed by atoms with Gasteiger partial charge in [0.15, 0.2) is 12.4 Å². The summed E-state index contributed by atoms with van der Waals surface area (Å²) in [6, 6.07) is 3.38. The Morgan fingerprint density at radius 3 is 2.78 bits per heavy atom. The van der Waals surface area contributed by atoms with Gasteiger partial charge in [0.25, 0.3) is 0 Å². The summed E-state index contributed by atoms with van der Waals surface area (Å²) in [6.07, 6.45) is 3.89. The van der Waals surface area contributed by atoms with Crippen LogP contribution in [0.1, 0.15) is 0 Å². The van der Waals surface area contributed by atoms with Crippen LogP contribution in [-0.2, 0) is 16.6 Å². The van der Waals surface area contributed by atoms with Crippen LogP contribution in [-0.4, -0.2) is 44.8 Å². The molecule has 3 heterocycles. The number of nitrogens with two attached hydrogens (primary N) is 1. The Hall–Kier alpha value is -1.03. The van der Waals surface area contributed by atoms with E-state index in [0.29, 0.717) is 11.5 Å². The van der Waals surface area contributed by atoms with Gasteiger partial charge in [-0.2, -0.15) is 0 Å². The minimum Gasteiger partial charge on any atom is -1.00 e. The third-order valence-electron chi connectivity index (χ3n) is 3.65. The zero-order valence-corrected chi connectivity index (χ0v) is 15.5. The van der Waals surface area contributed by atoms with E-state index in [0.717, 1.165) is 10.5 Å². The van der Waals surface area contributed by atoms with Gasteiger partial charge in [0.2, 0.25) is 5.91 Å². The van der Waals surface area contributed by atoms with Crippen molar-refractivity contribution in [3.8, 4) is 0 Å². The Labute approximate surface area is 152 Å². The molecule has 2 atom stereocenters. The number of thioether (sulfide) groups is 2. The molecule has 2 aliphatic rings. The molecule has 23 heavy (non-hydrogen) atoms. The first-order valence-corrected chi connectivity index (χ1v) is 8.76. The van der Waals surface area contributed by atoms with E-state index < -0.39 is 12.0 Å². The van der Waals surface area contributed by atoms with Gasteiger partial charge >= 0.3 is 5.97 Å². The Bertz CT molecular complexity index is 666. The van der Waals surface area contributed by atoms with Gasteiger partial charge in [0, 0.05) is 28.5 Å². The van der Waals surface area contributed by atoms with Gasteiger partial charge in [-0.15, -0.1) is 23.5 Å². The summed E-state index contributed by atoms with van der Waals surface area (Å²) in [6.45, 7) is 0. The quantitative estimate of drug-likeness (QED) is 0.312. The first kappa shape index (κ1) is 18.3. The number of fused-ring (bicyclic) bond motifs is 1. The van der Waals surface area contributed by atoms with Crippen LogP contribution in [0.2, 0.25) is 0 Å². The average Bonchev–Trinajstić information content (AvgIpc) is 2.52. The molecule has 2 aliphatic heterocycles. The first-order valence-electron chi connectivity index (χ1n) is 6.72. The fourth-order valence-corrected chi connectivity index (χ4v) is 4.76. The molecule has 1 fully saturated rings. The SMILES string of the molecule is C[n+]1ccc(SCC2=C(C(=O)O)N3C(=O)[C@@H](N)[C@H]3SC2)cc1.[Br-]. The Morgan fingerprint density at radius 2 is 2.17 bits per heavy atom. The number of pyridine rings is 1. The highest BCUT2D eigenvalue weighted by Gasteiger charge is 2.51. The minimum absolute atomic E-state index is 0. The molecule has 3 N–H and O–H groups in total. The van der Waals surface area contributed by atoms with Crippen LogP contribution < -0.4 is 27.3 Å². The van der Waals surface area contributed by atoms with Gasteiger partial charge in [-0.1, -0.05) is 0 Å². The van der Waals surface area contributed by atoms with Gasteiger partial charge in [0.05, 0.1) is 0 Å². The average molecular weight is 418 g/mol. The van der Waals surface area contributed by atoms with Gasteiger partial charge < -0.3 is 27.8 Å². The summed E-state index contributed by atoms with van der Waals surface area (Å²) in [4.78, 5) is 25.8. The molecule has 6 nitrogen and oxygen atoms in total. The molecular weight excluding hydrogens is 402 g/mol. The lowest BCUT2D eigenvalue weighted by Crippen LogP contribution is -3.00. The molecule has 0 spiro atoms. The standard InChI is InChI=1S/C14H15N3O3S2.BrH/c1-16-4-2-9(3-5-16)21-6-8-7-22-13-10(15)12(18)17(13)11(8)14(19)20;/h2-5,10,13H,6-7,15H2,1H3;1H/t10-,13-;/m1./s1. The molecule has 1 aromatic rings. The highest BCUT2D eigenvalue weighted by molar-refractivity contribution is 8.01.